The highest BCUT2D eigenvalue weighted by molar-refractivity contribution is 5.00. The molecule has 0 radical (unpaired) electrons. The van der Waals surface area contributed by atoms with Gasteiger partial charge in [-0.2, -0.15) is 0 Å². The van der Waals surface area contributed by atoms with E-state index in [4.69, 9.17) is 0 Å². The van der Waals surface area contributed by atoms with E-state index in [1.54, 1.807) is 0 Å². The van der Waals surface area contributed by atoms with E-state index in [0.717, 1.165) is 18.1 Å². The molecule has 2 bridgehead atoms. The summed E-state index contributed by atoms with van der Waals surface area (Å²) in [5.41, 5.74) is 0. The van der Waals surface area contributed by atoms with E-state index in [1.165, 1.54) is 13.0 Å². The van der Waals surface area contributed by atoms with E-state index in [2.05, 4.69) is 24.2 Å². The van der Waals surface area contributed by atoms with Gasteiger partial charge >= 0.3 is 0 Å². The van der Waals surface area contributed by atoms with Gasteiger partial charge in [0.2, 0.25) is 0 Å². The summed E-state index contributed by atoms with van der Waals surface area (Å²) in [6.07, 6.45) is 1.37. The van der Waals surface area contributed by atoms with E-state index in [-0.39, 0.29) is 0 Å². The van der Waals surface area contributed by atoms with Crippen molar-refractivity contribution in [1.82, 2.24) is 10.2 Å². The van der Waals surface area contributed by atoms with Crippen molar-refractivity contribution in [3.63, 3.8) is 0 Å². The average Bonchev–Trinajstić information content (AvgIpc) is 2.22. The second-order valence-corrected chi connectivity index (χ2v) is 3.39. The molecular formula is C7H14N2. The molecule has 2 aliphatic heterocycles. The lowest BCUT2D eigenvalue weighted by Gasteiger charge is -2.28. The van der Waals surface area contributed by atoms with Crippen LogP contribution in [0, 0.1) is 0 Å². The van der Waals surface area contributed by atoms with Crippen molar-refractivity contribution in [2.75, 3.05) is 13.6 Å². The largest absolute Gasteiger partial charge is 0.309 e. The number of nitrogens with zero attached hydrogens (tertiary/aromatic N) is 1. The standard InChI is InChI=1S/C7H14N2/c1-5-7-3-6(8-5)4-9(7)2/h5-8H,3-4H2,1-2H3/t5?,6-,7?/m1/s1. The lowest BCUT2D eigenvalue weighted by atomic mass is 10.1. The van der Waals surface area contributed by atoms with Crippen molar-refractivity contribution >= 4 is 0 Å². The molecule has 0 aliphatic carbocycles. The third-order valence-corrected chi connectivity index (χ3v) is 2.68. The summed E-state index contributed by atoms with van der Waals surface area (Å²) in [6.45, 7) is 3.54. The normalized spacial score (nSPS) is 50.7. The molecule has 2 fully saturated rings. The van der Waals surface area contributed by atoms with Gasteiger partial charge in [-0.15, -0.1) is 0 Å². The summed E-state index contributed by atoms with van der Waals surface area (Å²) in [5, 5.41) is 3.54. The van der Waals surface area contributed by atoms with Crippen LogP contribution in [0.4, 0.5) is 0 Å². The zero-order valence-corrected chi connectivity index (χ0v) is 6.09. The van der Waals surface area contributed by atoms with Gasteiger partial charge in [-0.3, -0.25) is 0 Å². The van der Waals surface area contributed by atoms with Crippen molar-refractivity contribution in [2.45, 2.75) is 31.5 Å². The van der Waals surface area contributed by atoms with Gasteiger partial charge in [0, 0.05) is 24.7 Å². The number of fused-ring (bicyclic) bond motifs is 2. The molecule has 1 N–H and O–H groups in total. The molecule has 2 unspecified atom stereocenters. The van der Waals surface area contributed by atoms with Crippen LogP contribution < -0.4 is 5.32 Å². The van der Waals surface area contributed by atoms with E-state index in [9.17, 15) is 0 Å². The predicted molar refractivity (Wildman–Crippen MR) is 37.4 cm³/mol. The third kappa shape index (κ3) is 0.700. The van der Waals surface area contributed by atoms with Gasteiger partial charge in [0.1, 0.15) is 0 Å². The zero-order chi connectivity index (χ0) is 6.43. The second kappa shape index (κ2) is 1.70. The fourth-order valence-electron chi connectivity index (χ4n) is 2.22. The Hall–Kier alpha value is -0.0800. The van der Waals surface area contributed by atoms with Gasteiger partial charge in [-0.1, -0.05) is 0 Å². The van der Waals surface area contributed by atoms with Gasteiger partial charge < -0.3 is 10.2 Å². The summed E-state index contributed by atoms with van der Waals surface area (Å²) >= 11 is 0. The first-order valence-electron chi connectivity index (χ1n) is 3.73. The van der Waals surface area contributed by atoms with E-state index >= 15 is 0 Å². The molecule has 3 atom stereocenters. The Morgan fingerprint density at radius 2 is 2.33 bits per heavy atom. The van der Waals surface area contributed by atoms with Crippen LogP contribution in [0.5, 0.6) is 0 Å². The van der Waals surface area contributed by atoms with E-state index < -0.39 is 0 Å². The number of hydrogen-bond donors (Lipinski definition) is 1. The summed E-state index contributed by atoms with van der Waals surface area (Å²) in [4.78, 5) is 2.46. The van der Waals surface area contributed by atoms with Crippen LogP contribution in [0.2, 0.25) is 0 Å². The topological polar surface area (TPSA) is 15.3 Å². The summed E-state index contributed by atoms with van der Waals surface area (Å²) < 4.78 is 0. The molecule has 2 aliphatic rings. The molecule has 0 spiro atoms. The Labute approximate surface area is 56.2 Å². The number of piperazine rings is 1. The lowest BCUT2D eigenvalue weighted by molar-refractivity contribution is 0.232. The first-order valence-corrected chi connectivity index (χ1v) is 3.73. The van der Waals surface area contributed by atoms with Crippen LogP contribution in [0.1, 0.15) is 13.3 Å². The van der Waals surface area contributed by atoms with Gasteiger partial charge in [0.05, 0.1) is 0 Å². The number of hydrogen-bond acceptors (Lipinski definition) is 2. The highest BCUT2D eigenvalue weighted by Gasteiger charge is 2.39. The quantitative estimate of drug-likeness (QED) is 0.493. The number of likely N-dealkylation sites (tertiary alicyclic amines) is 1. The average molecular weight is 126 g/mol. The van der Waals surface area contributed by atoms with Gasteiger partial charge in [-0.25, -0.2) is 0 Å². The monoisotopic (exact) mass is 126 g/mol. The number of nitrogens with one attached hydrogen (secondary N) is 1. The minimum Gasteiger partial charge on any atom is -0.309 e. The maximum atomic E-state index is 3.54. The Bertz CT molecular complexity index is 112. The Morgan fingerprint density at radius 1 is 1.56 bits per heavy atom. The number of rotatable bonds is 0. The Kier molecular flexibility index (Phi) is 1.08. The minimum absolute atomic E-state index is 0.730. The number of likely N-dealkylation sites (N-methyl/N-ethyl adjacent to an activating group) is 1. The fraction of sp³-hybridized carbons (Fsp3) is 1.00. The van der Waals surface area contributed by atoms with E-state index in [1.807, 2.05) is 0 Å². The molecule has 52 valence electrons. The van der Waals surface area contributed by atoms with Gasteiger partial charge in [0.25, 0.3) is 0 Å². The highest BCUT2D eigenvalue weighted by Crippen LogP contribution is 2.25. The first kappa shape index (κ1) is 5.69. The molecule has 0 aromatic carbocycles. The molecule has 2 heteroatoms. The molecule has 0 aromatic heterocycles. The zero-order valence-electron chi connectivity index (χ0n) is 6.09. The SMILES string of the molecule is CC1N[C@@H]2CC1N(C)C2. The van der Waals surface area contributed by atoms with Crippen molar-refractivity contribution in [2.24, 2.45) is 0 Å². The molecule has 2 heterocycles. The Morgan fingerprint density at radius 3 is 2.67 bits per heavy atom. The highest BCUT2D eigenvalue weighted by atomic mass is 15.3. The van der Waals surface area contributed by atoms with Crippen molar-refractivity contribution in [3.05, 3.63) is 0 Å². The fourth-order valence-corrected chi connectivity index (χ4v) is 2.22. The van der Waals surface area contributed by atoms with Crippen molar-refractivity contribution in [1.29, 1.82) is 0 Å². The molecule has 2 saturated heterocycles. The van der Waals surface area contributed by atoms with Crippen LogP contribution in [0.25, 0.3) is 0 Å². The summed E-state index contributed by atoms with van der Waals surface area (Å²) in [7, 11) is 2.22. The maximum absolute atomic E-state index is 3.54. The molecule has 0 saturated carbocycles. The van der Waals surface area contributed by atoms with Crippen LogP contribution in [-0.2, 0) is 0 Å². The van der Waals surface area contributed by atoms with Gasteiger partial charge in [0.15, 0.2) is 0 Å². The van der Waals surface area contributed by atoms with Crippen molar-refractivity contribution in [3.8, 4) is 0 Å². The molecule has 0 aromatic rings. The predicted octanol–water partition coefficient (Wildman–Crippen LogP) is 0.0508. The summed E-state index contributed by atoms with van der Waals surface area (Å²) in [6, 6.07) is 2.36. The smallest absolute Gasteiger partial charge is 0.0259 e. The molecule has 0 amide bonds. The second-order valence-electron chi connectivity index (χ2n) is 3.39. The Balaban J connectivity index is 2.13. The van der Waals surface area contributed by atoms with Gasteiger partial charge in [-0.05, 0) is 20.4 Å². The van der Waals surface area contributed by atoms with Crippen LogP contribution in [0.3, 0.4) is 0 Å². The molecule has 2 rings (SSSR count). The first-order chi connectivity index (χ1) is 4.27. The maximum Gasteiger partial charge on any atom is 0.0259 e. The summed E-state index contributed by atoms with van der Waals surface area (Å²) in [5.74, 6) is 0. The van der Waals surface area contributed by atoms with Crippen LogP contribution in [-0.4, -0.2) is 36.6 Å². The third-order valence-electron chi connectivity index (χ3n) is 2.68. The van der Waals surface area contributed by atoms with Crippen LogP contribution in [0.15, 0.2) is 0 Å². The lowest BCUT2D eigenvalue weighted by Crippen LogP contribution is -2.47. The molecule has 2 nitrogen and oxygen atoms in total. The van der Waals surface area contributed by atoms with Crippen molar-refractivity contribution < 1.29 is 0 Å². The molecular weight excluding hydrogens is 112 g/mol. The van der Waals surface area contributed by atoms with Crippen LogP contribution >= 0.6 is 0 Å². The minimum atomic E-state index is 0.730. The van der Waals surface area contributed by atoms with E-state index in [0.29, 0.717) is 0 Å². The molecule has 9 heavy (non-hydrogen) atoms.